The lowest BCUT2D eigenvalue weighted by molar-refractivity contribution is -0.140. The zero-order valence-electron chi connectivity index (χ0n) is 21.9. The van der Waals surface area contributed by atoms with Crippen LogP contribution in [0.25, 0.3) is 16.6 Å². The van der Waals surface area contributed by atoms with Crippen LogP contribution >= 0.6 is 0 Å². The molecule has 4 heterocycles. The minimum Gasteiger partial charge on any atom is -0.485 e. The summed E-state index contributed by atoms with van der Waals surface area (Å²) in [6, 6.07) is 13.9. The number of fused-ring (bicyclic) bond motifs is 4. The standard InChI is InChI=1S/C29H28F3N5O3/c1-2-39-28(38)26-24-17-40-27-19(5-3-8-23(27)37(24)18-33-26)11-12-35-13-15-36(16-14-35)22-7-4-6-21-20(22)9-10-25(34-21)29(30,31)32/h3-10,18H,2,11-17H2,1H3. The molecule has 0 N–H and O–H groups in total. The van der Waals surface area contributed by atoms with Crippen molar-refractivity contribution in [2.75, 3.05) is 44.2 Å². The third-order valence-electron chi connectivity index (χ3n) is 7.43. The Labute approximate surface area is 228 Å². The van der Waals surface area contributed by atoms with Crippen LogP contribution in [-0.2, 0) is 23.9 Å². The second kappa shape index (κ2) is 10.5. The van der Waals surface area contributed by atoms with Gasteiger partial charge in [0.25, 0.3) is 0 Å². The quantitative estimate of drug-likeness (QED) is 0.317. The van der Waals surface area contributed by atoms with E-state index >= 15 is 0 Å². The monoisotopic (exact) mass is 551 g/mol. The van der Waals surface area contributed by atoms with E-state index in [9.17, 15) is 18.0 Å². The summed E-state index contributed by atoms with van der Waals surface area (Å²) in [5, 5.41) is 0.724. The summed E-state index contributed by atoms with van der Waals surface area (Å²) < 4.78 is 52.5. The number of anilines is 1. The minimum absolute atomic E-state index is 0.237. The normalized spacial score (nSPS) is 15.4. The third-order valence-corrected chi connectivity index (χ3v) is 7.43. The van der Waals surface area contributed by atoms with Gasteiger partial charge in [0.2, 0.25) is 0 Å². The van der Waals surface area contributed by atoms with Gasteiger partial charge in [0.1, 0.15) is 24.4 Å². The zero-order valence-corrected chi connectivity index (χ0v) is 21.9. The number of alkyl halides is 3. The molecule has 2 aromatic heterocycles. The topological polar surface area (TPSA) is 72.7 Å². The van der Waals surface area contributed by atoms with Crippen molar-refractivity contribution < 1.29 is 27.4 Å². The van der Waals surface area contributed by atoms with Crippen LogP contribution in [0.3, 0.4) is 0 Å². The van der Waals surface area contributed by atoms with Crippen molar-refractivity contribution in [2.24, 2.45) is 0 Å². The molecule has 208 valence electrons. The Kier molecular flexibility index (Phi) is 6.83. The average Bonchev–Trinajstić information content (AvgIpc) is 3.40. The van der Waals surface area contributed by atoms with Crippen LogP contribution in [0.5, 0.6) is 5.75 Å². The number of ether oxygens (including phenoxy) is 2. The van der Waals surface area contributed by atoms with Gasteiger partial charge in [-0.25, -0.2) is 14.8 Å². The van der Waals surface area contributed by atoms with Crippen LogP contribution in [0.1, 0.15) is 34.4 Å². The molecule has 0 amide bonds. The minimum atomic E-state index is -4.47. The number of carbonyl (C=O) groups is 1. The lowest BCUT2D eigenvalue weighted by Gasteiger charge is -2.36. The van der Waals surface area contributed by atoms with Crippen molar-refractivity contribution in [1.82, 2.24) is 19.4 Å². The number of piperazine rings is 1. The highest BCUT2D eigenvalue weighted by Crippen LogP contribution is 2.35. The summed E-state index contributed by atoms with van der Waals surface area (Å²) in [6.45, 7) is 6.30. The summed E-state index contributed by atoms with van der Waals surface area (Å²) in [5.41, 5.74) is 3.26. The smallest absolute Gasteiger partial charge is 0.433 e. The van der Waals surface area contributed by atoms with Gasteiger partial charge in [0, 0.05) is 43.8 Å². The van der Waals surface area contributed by atoms with Crippen molar-refractivity contribution in [3.8, 4) is 11.4 Å². The van der Waals surface area contributed by atoms with E-state index in [1.54, 1.807) is 25.4 Å². The van der Waals surface area contributed by atoms with Gasteiger partial charge in [-0.3, -0.25) is 9.47 Å². The number of carbonyl (C=O) groups excluding carboxylic acids is 1. The van der Waals surface area contributed by atoms with E-state index in [1.807, 2.05) is 22.8 Å². The molecular weight excluding hydrogens is 523 g/mol. The van der Waals surface area contributed by atoms with Gasteiger partial charge in [0.05, 0.1) is 23.5 Å². The molecule has 0 spiro atoms. The molecule has 8 nitrogen and oxygen atoms in total. The molecule has 2 aliphatic rings. The first-order chi connectivity index (χ1) is 19.3. The predicted octanol–water partition coefficient (Wildman–Crippen LogP) is 4.87. The van der Waals surface area contributed by atoms with E-state index in [4.69, 9.17) is 9.47 Å². The molecule has 11 heteroatoms. The maximum absolute atomic E-state index is 13.1. The van der Waals surface area contributed by atoms with E-state index in [0.29, 0.717) is 11.2 Å². The SMILES string of the molecule is CCOC(=O)c1ncn2c1COc1c(CCN3CCN(c4cccc5nc(C(F)(F)F)ccc45)CC3)cccc1-2. The average molecular weight is 552 g/mol. The van der Waals surface area contributed by atoms with Gasteiger partial charge in [-0.1, -0.05) is 18.2 Å². The van der Waals surface area contributed by atoms with Crippen molar-refractivity contribution in [3.05, 3.63) is 77.5 Å². The zero-order chi connectivity index (χ0) is 27.9. The Balaban J connectivity index is 1.12. The summed E-state index contributed by atoms with van der Waals surface area (Å²) in [5.74, 6) is 0.340. The number of hydrogen-bond acceptors (Lipinski definition) is 7. The van der Waals surface area contributed by atoms with Crippen LogP contribution in [0, 0.1) is 0 Å². The Morgan fingerprint density at radius 3 is 2.58 bits per heavy atom. The number of esters is 1. The predicted molar refractivity (Wildman–Crippen MR) is 143 cm³/mol. The first-order valence-electron chi connectivity index (χ1n) is 13.3. The molecule has 2 aliphatic heterocycles. The Morgan fingerprint density at radius 1 is 1.02 bits per heavy atom. The molecule has 1 saturated heterocycles. The van der Waals surface area contributed by atoms with E-state index in [0.717, 1.165) is 73.3 Å². The van der Waals surface area contributed by atoms with Crippen LogP contribution < -0.4 is 9.64 Å². The Morgan fingerprint density at radius 2 is 1.80 bits per heavy atom. The number of halogens is 3. The van der Waals surface area contributed by atoms with Crippen LogP contribution in [0.4, 0.5) is 18.9 Å². The maximum atomic E-state index is 13.1. The van der Waals surface area contributed by atoms with Crippen molar-refractivity contribution in [3.63, 3.8) is 0 Å². The third kappa shape index (κ3) is 4.85. The fourth-order valence-electron chi connectivity index (χ4n) is 5.42. The number of rotatable bonds is 6. The number of hydrogen-bond donors (Lipinski definition) is 0. The summed E-state index contributed by atoms with van der Waals surface area (Å²) in [6.07, 6.45) is -2.04. The van der Waals surface area contributed by atoms with Gasteiger partial charge in [-0.2, -0.15) is 13.2 Å². The highest BCUT2D eigenvalue weighted by atomic mass is 19.4. The lowest BCUT2D eigenvalue weighted by Crippen LogP contribution is -2.47. The van der Waals surface area contributed by atoms with Crippen LogP contribution in [0.2, 0.25) is 0 Å². The number of nitrogens with zero attached hydrogens (tertiary/aromatic N) is 5. The van der Waals surface area contributed by atoms with Gasteiger partial charge in [0.15, 0.2) is 5.69 Å². The van der Waals surface area contributed by atoms with E-state index < -0.39 is 17.8 Å². The highest BCUT2D eigenvalue weighted by Gasteiger charge is 2.33. The number of para-hydroxylation sites is 1. The lowest BCUT2D eigenvalue weighted by atomic mass is 10.1. The van der Waals surface area contributed by atoms with Gasteiger partial charge >= 0.3 is 12.1 Å². The van der Waals surface area contributed by atoms with E-state index in [2.05, 4.69) is 25.8 Å². The van der Waals surface area contributed by atoms with Gasteiger partial charge < -0.3 is 14.4 Å². The second-order valence-electron chi connectivity index (χ2n) is 9.80. The van der Waals surface area contributed by atoms with Crippen LogP contribution in [-0.4, -0.2) is 64.7 Å². The molecule has 1 fully saturated rings. The second-order valence-corrected chi connectivity index (χ2v) is 9.80. The number of imidazole rings is 1. The summed E-state index contributed by atoms with van der Waals surface area (Å²) in [7, 11) is 0. The Hall–Kier alpha value is -4.12. The van der Waals surface area contributed by atoms with E-state index in [1.165, 1.54) is 6.07 Å². The fourth-order valence-corrected chi connectivity index (χ4v) is 5.42. The molecule has 0 saturated carbocycles. The fraction of sp³-hybridized carbons (Fsp3) is 0.345. The van der Waals surface area contributed by atoms with E-state index in [-0.39, 0.29) is 18.9 Å². The van der Waals surface area contributed by atoms with Gasteiger partial charge in [-0.15, -0.1) is 0 Å². The number of pyridine rings is 1. The van der Waals surface area contributed by atoms with Crippen molar-refractivity contribution in [1.29, 1.82) is 0 Å². The van der Waals surface area contributed by atoms with Crippen molar-refractivity contribution >= 4 is 22.6 Å². The first kappa shape index (κ1) is 26.1. The molecule has 0 aliphatic carbocycles. The Bertz CT molecular complexity index is 1560. The summed E-state index contributed by atoms with van der Waals surface area (Å²) in [4.78, 5) is 25.0. The van der Waals surface area contributed by atoms with Crippen molar-refractivity contribution in [2.45, 2.75) is 26.1 Å². The maximum Gasteiger partial charge on any atom is 0.433 e. The largest absolute Gasteiger partial charge is 0.485 e. The molecule has 0 unspecified atom stereocenters. The highest BCUT2D eigenvalue weighted by molar-refractivity contribution is 5.92. The number of aromatic nitrogens is 3. The molecule has 4 aromatic rings. The van der Waals surface area contributed by atoms with Crippen LogP contribution in [0.15, 0.2) is 54.9 Å². The molecule has 0 radical (unpaired) electrons. The molecule has 0 bridgehead atoms. The molecule has 40 heavy (non-hydrogen) atoms. The molecular formula is C29H28F3N5O3. The van der Waals surface area contributed by atoms with Gasteiger partial charge in [-0.05, 0) is 49.2 Å². The number of benzene rings is 2. The molecule has 2 aromatic carbocycles. The summed E-state index contributed by atoms with van der Waals surface area (Å²) >= 11 is 0. The first-order valence-corrected chi connectivity index (χ1v) is 13.3. The molecule has 0 atom stereocenters. The molecule has 6 rings (SSSR count).